The molecular weight excluding hydrogens is 260 g/mol. The van der Waals surface area contributed by atoms with Crippen molar-refractivity contribution in [3.05, 3.63) is 23.0 Å². The number of hydrogen-bond acceptors (Lipinski definition) is 4. The van der Waals surface area contributed by atoms with Crippen molar-refractivity contribution in [1.82, 2.24) is 4.98 Å². The average Bonchev–Trinajstić information content (AvgIpc) is 2.23. The van der Waals surface area contributed by atoms with E-state index in [1.54, 1.807) is 13.1 Å². The Kier molecular flexibility index (Phi) is 4.77. The fraction of sp³-hybridized carbons (Fsp3) is 0.545. The van der Waals surface area contributed by atoms with Crippen LogP contribution < -0.4 is 5.32 Å². The molecule has 0 fully saturated rings. The van der Waals surface area contributed by atoms with Crippen LogP contribution in [0.1, 0.15) is 19.4 Å². The van der Waals surface area contributed by atoms with Crippen LogP contribution >= 0.6 is 11.6 Å². The first-order chi connectivity index (χ1) is 7.85. The number of aryl methyl sites for hydroxylation is 1. The van der Waals surface area contributed by atoms with Gasteiger partial charge in [-0.1, -0.05) is 18.5 Å². The molecule has 1 atom stereocenters. The summed E-state index contributed by atoms with van der Waals surface area (Å²) < 4.78 is 23.0. The van der Waals surface area contributed by atoms with E-state index in [1.807, 2.05) is 19.9 Å². The molecule has 4 nitrogen and oxygen atoms in total. The van der Waals surface area contributed by atoms with Crippen molar-refractivity contribution in [3.63, 3.8) is 0 Å². The zero-order valence-corrected chi connectivity index (χ0v) is 11.8. The third-order valence-corrected chi connectivity index (χ3v) is 4.62. The van der Waals surface area contributed by atoms with Crippen molar-refractivity contribution in [2.75, 3.05) is 16.8 Å². The number of rotatable bonds is 5. The van der Waals surface area contributed by atoms with E-state index in [0.29, 0.717) is 10.8 Å². The lowest BCUT2D eigenvalue weighted by molar-refractivity contribution is 0.593. The predicted octanol–water partition coefficient (Wildman–Crippen LogP) is 2.28. The number of nitrogens with one attached hydrogen (secondary N) is 1. The second kappa shape index (κ2) is 5.69. The Morgan fingerprint density at radius 2 is 2.18 bits per heavy atom. The van der Waals surface area contributed by atoms with Crippen LogP contribution in [0.2, 0.25) is 5.15 Å². The molecule has 0 aromatic carbocycles. The summed E-state index contributed by atoms with van der Waals surface area (Å²) in [4.78, 5) is 3.96. The molecule has 0 spiro atoms. The van der Waals surface area contributed by atoms with E-state index in [4.69, 9.17) is 11.6 Å². The summed E-state index contributed by atoms with van der Waals surface area (Å²) in [5.74, 6) is 0.243. The van der Waals surface area contributed by atoms with Gasteiger partial charge in [0.25, 0.3) is 0 Å². The van der Waals surface area contributed by atoms with Gasteiger partial charge in [-0.25, -0.2) is 13.4 Å². The van der Waals surface area contributed by atoms with E-state index >= 15 is 0 Å². The van der Waals surface area contributed by atoms with Gasteiger partial charge in [0.1, 0.15) is 0 Å². The third kappa shape index (κ3) is 4.16. The molecular formula is C11H17ClN2O2S. The van der Waals surface area contributed by atoms with Crippen molar-refractivity contribution >= 4 is 27.1 Å². The van der Waals surface area contributed by atoms with E-state index in [2.05, 4.69) is 10.3 Å². The van der Waals surface area contributed by atoms with E-state index in [0.717, 1.165) is 5.56 Å². The van der Waals surface area contributed by atoms with Gasteiger partial charge in [-0.2, -0.15) is 0 Å². The first kappa shape index (κ1) is 14.3. The molecule has 0 saturated heterocycles. The normalized spacial score (nSPS) is 13.4. The van der Waals surface area contributed by atoms with Crippen LogP contribution in [0, 0.1) is 6.92 Å². The molecule has 6 heteroatoms. The number of sulfone groups is 1. The molecule has 1 unspecified atom stereocenters. The van der Waals surface area contributed by atoms with Gasteiger partial charge < -0.3 is 5.32 Å². The van der Waals surface area contributed by atoms with E-state index in [9.17, 15) is 8.42 Å². The Labute approximate surface area is 107 Å². The minimum absolute atomic E-state index is 0.0914. The maximum absolute atomic E-state index is 11.5. The van der Waals surface area contributed by atoms with Gasteiger partial charge in [-0.05, 0) is 25.5 Å². The third-order valence-electron chi connectivity index (χ3n) is 2.45. The van der Waals surface area contributed by atoms with Crippen LogP contribution in [0.4, 0.5) is 5.69 Å². The highest BCUT2D eigenvalue weighted by molar-refractivity contribution is 7.91. The molecule has 1 aromatic heterocycles. The molecule has 0 bridgehead atoms. The number of aromatic nitrogens is 1. The van der Waals surface area contributed by atoms with Crippen LogP contribution in [-0.4, -0.2) is 30.9 Å². The van der Waals surface area contributed by atoms with Gasteiger partial charge in [0.2, 0.25) is 0 Å². The lowest BCUT2D eigenvalue weighted by Gasteiger charge is -2.17. The second-order valence-electron chi connectivity index (χ2n) is 4.04. The maximum atomic E-state index is 11.5. The van der Waals surface area contributed by atoms with Crippen LogP contribution in [0.25, 0.3) is 0 Å². The summed E-state index contributed by atoms with van der Waals surface area (Å²) in [6.07, 6.45) is 1.62. The Morgan fingerprint density at radius 3 is 2.71 bits per heavy atom. The van der Waals surface area contributed by atoms with Gasteiger partial charge in [-0.15, -0.1) is 0 Å². The van der Waals surface area contributed by atoms with E-state index in [-0.39, 0.29) is 17.5 Å². The zero-order valence-electron chi connectivity index (χ0n) is 10.2. The summed E-state index contributed by atoms with van der Waals surface area (Å²) in [5.41, 5.74) is 1.65. The van der Waals surface area contributed by atoms with Gasteiger partial charge in [0.05, 0.1) is 11.4 Å². The lowest BCUT2D eigenvalue weighted by Crippen LogP contribution is -2.27. The Morgan fingerprint density at radius 1 is 1.53 bits per heavy atom. The standard InChI is InChI=1S/C11H17ClN2O2S/c1-4-17(15,16)7-9(3)14-10-8(2)5-6-13-11(10)12/h5-6,9,14H,4,7H2,1-3H3. The van der Waals surface area contributed by atoms with Crippen molar-refractivity contribution in [2.24, 2.45) is 0 Å². The van der Waals surface area contributed by atoms with Crippen LogP contribution in [0.3, 0.4) is 0 Å². The van der Waals surface area contributed by atoms with Gasteiger partial charge in [0, 0.05) is 18.0 Å². The number of pyridine rings is 1. The lowest BCUT2D eigenvalue weighted by atomic mass is 10.2. The molecule has 1 rings (SSSR count). The molecule has 0 aliphatic carbocycles. The number of halogens is 1. The fourth-order valence-corrected chi connectivity index (χ4v) is 2.83. The maximum Gasteiger partial charge on any atom is 0.152 e. The minimum atomic E-state index is -2.99. The van der Waals surface area contributed by atoms with Gasteiger partial charge >= 0.3 is 0 Å². The summed E-state index contributed by atoms with van der Waals surface area (Å²) in [6.45, 7) is 5.36. The molecule has 0 radical (unpaired) electrons. The molecule has 96 valence electrons. The number of nitrogens with zero attached hydrogens (tertiary/aromatic N) is 1. The van der Waals surface area contributed by atoms with Crippen molar-refractivity contribution in [3.8, 4) is 0 Å². The van der Waals surface area contributed by atoms with Crippen LogP contribution in [0.5, 0.6) is 0 Å². The largest absolute Gasteiger partial charge is 0.379 e. The first-order valence-electron chi connectivity index (χ1n) is 5.43. The molecule has 0 aliphatic heterocycles. The van der Waals surface area contributed by atoms with Crippen LogP contribution in [-0.2, 0) is 9.84 Å². The second-order valence-corrected chi connectivity index (χ2v) is 6.79. The van der Waals surface area contributed by atoms with Gasteiger partial charge in [0.15, 0.2) is 15.0 Å². The highest BCUT2D eigenvalue weighted by atomic mass is 35.5. The Hall–Kier alpha value is -0.810. The average molecular weight is 277 g/mol. The Balaban J connectivity index is 2.79. The highest BCUT2D eigenvalue weighted by Gasteiger charge is 2.15. The van der Waals surface area contributed by atoms with Crippen LogP contribution in [0.15, 0.2) is 12.3 Å². The summed E-state index contributed by atoms with van der Waals surface area (Å²) in [6, 6.07) is 1.63. The highest BCUT2D eigenvalue weighted by Crippen LogP contribution is 2.23. The zero-order chi connectivity index (χ0) is 13.1. The van der Waals surface area contributed by atoms with E-state index in [1.165, 1.54) is 0 Å². The van der Waals surface area contributed by atoms with E-state index < -0.39 is 9.84 Å². The molecule has 0 saturated carbocycles. The molecule has 0 amide bonds. The van der Waals surface area contributed by atoms with Crippen molar-refractivity contribution in [1.29, 1.82) is 0 Å². The first-order valence-corrected chi connectivity index (χ1v) is 7.63. The van der Waals surface area contributed by atoms with Crippen molar-refractivity contribution in [2.45, 2.75) is 26.8 Å². The topological polar surface area (TPSA) is 59.1 Å². The molecule has 1 heterocycles. The summed E-state index contributed by atoms with van der Waals surface area (Å²) >= 11 is 5.96. The SMILES string of the molecule is CCS(=O)(=O)CC(C)Nc1c(C)ccnc1Cl. The predicted molar refractivity (Wildman–Crippen MR) is 71.4 cm³/mol. The molecule has 17 heavy (non-hydrogen) atoms. The van der Waals surface area contributed by atoms with Gasteiger partial charge in [-0.3, -0.25) is 0 Å². The Bertz CT molecular complexity index is 468. The minimum Gasteiger partial charge on any atom is -0.379 e. The molecule has 0 aliphatic rings. The summed E-state index contributed by atoms with van der Waals surface area (Å²) in [7, 11) is -2.99. The van der Waals surface area contributed by atoms with Crippen molar-refractivity contribution < 1.29 is 8.42 Å². The smallest absolute Gasteiger partial charge is 0.152 e. The fourth-order valence-electron chi connectivity index (χ4n) is 1.49. The quantitative estimate of drug-likeness (QED) is 0.838. The molecule has 1 N–H and O–H groups in total. The monoisotopic (exact) mass is 276 g/mol. The summed E-state index contributed by atoms with van der Waals surface area (Å²) in [5, 5.41) is 3.46. The number of anilines is 1. The molecule has 1 aromatic rings. The number of hydrogen-bond donors (Lipinski definition) is 1.